The summed E-state index contributed by atoms with van der Waals surface area (Å²) in [6, 6.07) is 7.16. The van der Waals surface area contributed by atoms with Crippen molar-refractivity contribution in [3.05, 3.63) is 53.6 Å². The average molecular weight is 499 g/mol. The van der Waals surface area contributed by atoms with E-state index in [1.165, 1.54) is 14.1 Å². The maximum atomic E-state index is 14.1. The van der Waals surface area contributed by atoms with E-state index in [1.807, 2.05) is 34.8 Å². The van der Waals surface area contributed by atoms with Crippen LogP contribution in [0.1, 0.15) is 60.9 Å². The lowest BCUT2D eigenvalue weighted by Crippen LogP contribution is -2.38. The van der Waals surface area contributed by atoms with E-state index in [1.54, 1.807) is 18.3 Å². The smallest absolute Gasteiger partial charge is 0.301 e. The van der Waals surface area contributed by atoms with Crippen LogP contribution in [0.3, 0.4) is 0 Å². The Hall–Kier alpha value is -2.98. The van der Waals surface area contributed by atoms with Gasteiger partial charge in [-0.3, -0.25) is 14.5 Å². The molecule has 0 bridgehead atoms. The van der Waals surface area contributed by atoms with Gasteiger partial charge in [-0.05, 0) is 48.9 Å². The Balaban J connectivity index is 1.84. The number of likely N-dealkylation sites (tertiary alicyclic amines) is 1. The number of benzene rings is 1. The molecule has 1 N–H and O–H groups in total. The Kier molecular flexibility index (Phi) is 7.14. The number of piperidine rings is 1. The van der Waals surface area contributed by atoms with Crippen LogP contribution in [0, 0.1) is 5.92 Å². The predicted molar refractivity (Wildman–Crippen MR) is 137 cm³/mol. The maximum absolute atomic E-state index is 14.1. The molecule has 1 fully saturated rings. The van der Waals surface area contributed by atoms with E-state index in [-0.39, 0.29) is 11.9 Å². The van der Waals surface area contributed by atoms with Gasteiger partial charge in [0.2, 0.25) is 0 Å². The number of hydrogen-bond donors (Lipinski definition) is 1. The molecule has 9 nitrogen and oxygen atoms in total. The van der Waals surface area contributed by atoms with Gasteiger partial charge in [-0.2, -0.15) is 12.7 Å². The molecule has 1 saturated heterocycles. The van der Waals surface area contributed by atoms with Gasteiger partial charge in [-0.15, -0.1) is 0 Å². The van der Waals surface area contributed by atoms with E-state index in [0.29, 0.717) is 34.7 Å². The predicted octanol–water partition coefficient (Wildman–Crippen LogP) is 3.75. The fourth-order valence-corrected chi connectivity index (χ4v) is 5.26. The summed E-state index contributed by atoms with van der Waals surface area (Å²) < 4.78 is 30.8. The molecule has 1 unspecified atom stereocenters. The van der Waals surface area contributed by atoms with Crippen molar-refractivity contribution in [1.29, 1.82) is 0 Å². The van der Waals surface area contributed by atoms with Gasteiger partial charge in [-0.25, -0.2) is 4.98 Å². The van der Waals surface area contributed by atoms with Gasteiger partial charge in [0.1, 0.15) is 5.82 Å². The largest absolute Gasteiger partial charge is 0.331 e. The highest BCUT2D eigenvalue weighted by Gasteiger charge is 2.31. The lowest BCUT2D eigenvalue weighted by Gasteiger charge is -2.36. The fraction of sp³-hybridized carbons (Fsp3) is 0.480. The molecule has 0 saturated carbocycles. The zero-order valence-electron chi connectivity index (χ0n) is 21.0. The number of amides is 1. The first kappa shape index (κ1) is 25.1. The summed E-state index contributed by atoms with van der Waals surface area (Å²) in [7, 11) is 1.09. The second-order valence-electron chi connectivity index (χ2n) is 9.76. The molecule has 35 heavy (non-hydrogen) atoms. The van der Waals surface area contributed by atoms with E-state index in [4.69, 9.17) is 4.98 Å². The Morgan fingerprint density at radius 3 is 2.69 bits per heavy atom. The van der Waals surface area contributed by atoms with Gasteiger partial charge in [0.05, 0.1) is 28.3 Å². The average Bonchev–Trinajstić information content (AvgIpc) is 3.12. The molecule has 0 spiro atoms. The number of hydrogen-bond acceptors (Lipinski definition) is 5. The van der Waals surface area contributed by atoms with E-state index < -0.39 is 10.2 Å². The molecule has 10 heteroatoms. The van der Waals surface area contributed by atoms with Crippen LogP contribution < -0.4 is 4.72 Å². The minimum absolute atomic E-state index is 0.0783. The maximum Gasteiger partial charge on any atom is 0.301 e. The summed E-state index contributed by atoms with van der Waals surface area (Å²) in [5, 5.41) is 0. The van der Waals surface area contributed by atoms with E-state index >= 15 is 0 Å². The lowest BCUT2D eigenvalue weighted by atomic mass is 9.95. The summed E-state index contributed by atoms with van der Waals surface area (Å²) in [5.41, 5.74) is 3.08. The summed E-state index contributed by atoms with van der Waals surface area (Å²) >= 11 is 0. The number of aryl methyl sites for hydroxylation is 1. The second-order valence-corrected chi connectivity index (χ2v) is 11.6. The van der Waals surface area contributed by atoms with Gasteiger partial charge in [0.15, 0.2) is 0 Å². The number of nitrogens with zero attached hydrogens (tertiary/aromatic N) is 5. The molecule has 1 atom stereocenters. The van der Waals surface area contributed by atoms with Crippen molar-refractivity contribution in [2.75, 3.05) is 25.4 Å². The van der Waals surface area contributed by atoms with Crippen molar-refractivity contribution in [3.63, 3.8) is 0 Å². The van der Waals surface area contributed by atoms with Crippen molar-refractivity contribution in [2.45, 2.75) is 45.6 Å². The molecule has 3 aromatic rings. The topological polar surface area (TPSA) is 100 Å². The first-order valence-corrected chi connectivity index (χ1v) is 13.4. The summed E-state index contributed by atoms with van der Waals surface area (Å²) in [6.45, 7) is 4.87. The normalized spacial score (nSPS) is 16.9. The molecule has 1 aliphatic rings. The van der Waals surface area contributed by atoms with Crippen LogP contribution in [0.15, 0.2) is 36.7 Å². The molecule has 188 valence electrons. The fourth-order valence-electron chi connectivity index (χ4n) is 4.66. The van der Waals surface area contributed by atoms with Crippen LogP contribution in [0.2, 0.25) is 0 Å². The molecule has 4 rings (SSSR count). The molecule has 3 heterocycles. The third kappa shape index (κ3) is 5.18. The standard InChI is InChI=1S/C25H34N6O3S/c1-17(2)13-23-27-21-15-19(28-35(33,34)29(3)4)14-20(24(21)30(23)5)25(32)31-12-7-6-10-22(31)18-9-8-11-26-16-18/h8-9,11,14-17,22,28H,6-7,10,12-13H2,1-5H3. The molecule has 1 aromatic carbocycles. The second kappa shape index (κ2) is 9.94. The number of aromatic nitrogens is 3. The zero-order chi connectivity index (χ0) is 25.3. The number of fused-ring (bicyclic) bond motifs is 1. The molecule has 1 amide bonds. The van der Waals surface area contributed by atoms with Crippen molar-refractivity contribution < 1.29 is 13.2 Å². The van der Waals surface area contributed by atoms with Crippen molar-refractivity contribution >= 4 is 32.8 Å². The Morgan fingerprint density at radius 1 is 1.26 bits per heavy atom. The SMILES string of the molecule is CC(C)Cc1nc2cc(NS(=O)(=O)N(C)C)cc(C(=O)N3CCCCC3c3cccnc3)c2n1C. The molecule has 1 aliphatic heterocycles. The Morgan fingerprint density at radius 2 is 2.03 bits per heavy atom. The van der Waals surface area contributed by atoms with Crippen LogP contribution in [0.5, 0.6) is 0 Å². The first-order chi connectivity index (χ1) is 16.6. The van der Waals surface area contributed by atoms with E-state index in [9.17, 15) is 13.2 Å². The molecular formula is C25H34N6O3S. The Bertz CT molecular complexity index is 1320. The van der Waals surface area contributed by atoms with Crippen LogP contribution >= 0.6 is 0 Å². The van der Waals surface area contributed by atoms with Crippen LogP contribution in [0.4, 0.5) is 5.69 Å². The van der Waals surface area contributed by atoms with Crippen LogP contribution in [-0.4, -0.2) is 58.7 Å². The molecule has 0 aliphatic carbocycles. The van der Waals surface area contributed by atoms with E-state index in [2.05, 4.69) is 23.6 Å². The number of rotatable bonds is 7. The molecule has 0 radical (unpaired) electrons. The Labute approximate surface area is 207 Å². The van der Waals surface area contributed by atoms with Gasteiger partial charge in [0.25, 0.3) is 5.91 Å². The lowest BCUT2D eigenvalue weighted by molar-refractivity contribution is 0.0613. The van der Waals surface area contributed by atoms with Gasteiger partial charge >= 0.3 is 10.2 Å². The monoisotopic (exact) mass is 498 g/mol. The summed E-state index contributed by atoms with van der Waals surface area (Å²) in [5.74, 6) is 1.11. The summed E-state index contributed by atoms with van der Waals surface area (Å²) in [4.78, 5) is 25.1. The van der Waals surface area contributed by atoms with Crippen molar-refractivity contribution in [3.8, 4) is 0 Å². The number of carbonyl (C=O) groups is 1. The third-order valence-electron chi connectivity index (χ3n) is 6.44. The van der Waals surface area contributed by atoms with Crippen LogP contribution in [-0.2, 0) is 23.7 Å². The minimum atomic E-state index is -3.75. The number of imidazole rings is 1. The summed E-state index contributed by atoms with van der Waals surface area (Å²) in [6.07, 6.45) is 7.11. The quantitative estimate of drug-likeness (QED) is 0.535. The van der Waals surface area contributed by atoms with Crippen molar-refractivity contribution in [1.82, 2.24) is 23.7 Å². The van der Waals surface area contributed by atoms with Gasteiger partial charge in [-0.1, -0.05) is 19.9 Å². The number of carbonyl (C=O) groups excluding carboxylic acids is 1. The van der Waals surface area contributed by atoms with Crippen LogP contribution in [0.25, 0.3) is 11.0 Å². The molecular weight excluding hydrogens is 464 g/mol. The third-order valence-corrected chi connectivity index (χ3v) is 7.90. The van der Waals surface area contributed by atoms with Gasteiger partial charge in [0, 0.05) is 46.5 Å². The zero-order valence-corrected chi connectivity index (χ0v) is 21.8. The first-order valence-electron chi connectivity index (χ1n) is 12.0. The molecule has 2 aromatic heterocycles. The van der Waals surface area contributed by atoms with Gasteiger partial charge < -0.3 is 9.47 Å². The van der Waals surface area contributed by atoms with Crippen molar-refractivity contribution in [2.24, 2.45) is 13.0 Å². The highest BCUT2D eigenvalue weighted by atomic mass is 32.2. The number of pyridine rings is 1. The highest BCUT2D eigenvalue weighted by Crippen LogP contribution is 2.34. The number of anilines is 1. The minimum Gasteiger partial charge on any atom is -0.331 e. The number of nitrogens with one attached hydrogen (secondary N) is 1. The highest BCUT2D eigenvalue weighted by molar-refractivity contribution is 7.90. The van der Waals surface area contributed by atoms with E-state index in [0.717, 1.165) is 41.4 Å².